The van der Waals surface area contributed by atoms with Gasteiger partial charge in [-0.05, 0) is 24.6 Å². The molecule has 0 saturated carbocycles. The zero-order valence-corrected chi connectivity index (χ0v) is 17.7. The second-order valence-corrected chi connectivity index (χ2v) is 9.19. The lowest BCUT2D eigenvalue weighted by molar-refractivity contribution is 0.994. The summed E-state index contributed by atoms with van der Waals surface area (Å²) in [5, 5.41) is 19.0. The maximum Gasteiger partial charge on any atom is 0.206 e. The third kappa shape index (κ3) is 5.31. The van der Waals surface area contributed by atoms with E-state index in [-0.39, 0.29) is 0 Å². The fraction of sp³-hybridized carbons (Fsp3) is 0.150. The highest BCUT2D eigenvalue weighted by Gasteiger charge is 2.08. The van der Waals surface area contributed by atoms with Gasteiger partial charge in [-0.25, -0.2) is 4.98 Å². The Morgan fingerprint density at radius 1 is 0.964 bits per heavy atom. The van der Waals surface area contributed by atoms with Gasteiger partial charge in [-0.1, -0.05) is 71.1 Å². The maximum absolute atomic E-state index is 4.65. The van der Waals surface area contributed by atoms with Gasteiger partial charge in [0.1, 0.15) is 0 Å². The van der Waals surface area contributed by atoms with Crippen LogP contribution < -0.4 is 10.6 Å². The lowest BCUT2D eigenvalue weighted by atomic mass is 10.2. The van der Waals surface area contributed by atoms with E-state index in [1.807, 2.05) is 18.2 Å². The van der Waals surface area contributed by atoms with Crippen molar-refractivity contribution >= 4 is 50.4 Å². The molecule has 142 valence electrons. The van der Waals surface area contributed by atoms with E-state index in [2.05, 4.69) is 74.5 Å². The van der Waals surface area contributed by atoms with Crippen LogP contribution in [0.5, 0.6) is 0 Å². The van der Waals surface area contributed by atoms with Crippen LogP contribution >= 0.6 is 34.4 Å². The van der Waals surface area contributed by atoms with Crippen LogP contribution in [0.3, 0.4) is 0 Å². The van der Waals surface area contributed by atoms with Crippen molar-refractivity contribution in [1.82, 2.24) is 15.2 Å². The van der Waals surface area contributed by atoms with Crippen LogP contribution in [0, 0.1) is 6.92 Å². The van der Waals surface area contributed by atoms with Gasteiger partial charge in [-0.15, -0.1) is 21.5 Å². The van der Waals surface area contributed by atoms with Crippen molar-refractivity contribution in [3.8, 4) is 0 Å². The van der Waals surface area contributed by atoms with Crippen LogP contribution in [-0.4, -0.2) is 15.2 Å². The molecule has 0 saturated heterocycles. The lowest BCUT2D eigenvalue weighted by Gasteiger charge is -2.02. The van der Waals surface area contributed by atoms with Crippen molar-refractivity contribution in [2.75, 3.05) is 10.6 Å². The Morgan fingerprint density at radius 3 is 2.61 bits per heavy atom. The first-order valence-electron chi connectivity index (χ1n) is 8.77. The second-order valence-electron chi connectivity index (χ2n) is 6.14. The molecule has 8 heteroatoms. The number of nitrogens with one attached hydrogen (secondary N) is 2. The summed E-state index contributed by atoms with van der Waals surface area (Å²) < 4.78 is 0.941. The third-order valence-corrected chi connectivity index (χ3v) is 6.75. The first kappa shape index (κ1) is 18.9. The largest absolute Gasteiger partial charge is 0.356 e. The fourth-order valence-corrected chi connectivity index (χ4v) is 4.92. The Morgan fingerprint density at radius 2 is 1.79 bits per heavy atom. The van der Waals surface area contributed by atoms with Gasteiger partial charge in [0.25, 0.3) is 0 Å². The number of aromatic nitrogens is 3. The molecular weight excluding hydrogens is 406 g/mol. The van der Waals surface area contributed by atoms with Crippen molar-refractivity contribution in [2.45, 2.75) is 23.6 Å². The zero-order valence-electron chi connectivity index (χ0n) is 15.3. The molecule has 0 amide bonds. The SMILES string of the molecule is Cc1ccc(Nc2nc(CSc3nnc(NCc4ccccc4)s3)cs2)cc1. The van der Waals surface area contributed by atoms with Crippen molar-refractivity contribution in [3.63, 3.8) is 0 Å². The molecule has 5 nitrogen and oxygen atoms in total. The van der Waals surface area contributed by atoms with E-state index >= 15 is 0 Å². The number of nitrogens with zero attached hydrogens (tertiary/aromatic N) is 3. The Bertz CT molecular complexity index is 1010. The molecule has 0 unspecified atom stereocenters. The maximum atomic E-state index is 4.65. The van der Waals surface area contributed by atoms with E-state index in [0.717, 1.165) is 38.3 Å². The van der Waals surface area contributed by atoms with Gasteiger partial charge in [0.2, 0.25) is 5.13 Å². The molecule has 0 aliphatic carbocycles. The van der Waals surface area contributed by atoms with E-state index < -0.39 is 0 Å². The molecule has 0 atom stereocenters. The molecule has 4 rings (SSSR count). The van der Waals surface area contributed by atoms with Gasteiger partial charge < -0.3 is 10.6 Å². The average Bonchev–Trinajstić information content (AvgIpc) is 3.37. The van der Waals surface area contributed by atoms with E-state index in [1.165, 1.54) is 11.1 Å². The molecule has 0 bridgehead atoms. The molecule has 28 heavy (non-hydrogen) atoms. The van der Waals surface area contributed by atoms with Crippen molar-refractivity contribution in [2.24, 2.45) is 0 Å². The molecule has 2 aromatic carbocycles. The number of benzene rings is 2. The van der Waals surface area contributed by atoms with Crippen LogP contribution in [0.1, 0.15) is 16.8 Å². The molecule has 2 N–H and O–H groups in total. The standard InChI is InChI=1S/C20H19N5S3/c1-14-7-9-16(10-8-14)22-19-23-17(12-26-19)13-27-20-25-24-18(28-20)21-11-15-5-3-2-4-6-15/h2-10,12H,11,13H2,1H3,(H,21,24)(H,22,23). The van der Waals surface area contributed by atoms with Gasteiger partial charge in [0.15, 0.2) is 9.47 Å². The number of thioether (sulfide) groups is 1. The predicted octanol–water partition coefficient (Wildman–Crippen LogP) is 5.95. The molecule has 0 spiro atoms. The quantitative estimate of drug-likeness (QED) is 0.340. The van der Waals surface area contributed by atoms with Gasteiger partial charge in [-0.3, -0.25) is 0 Å². The molecule has 4 aromatic rings. The Labute approximate surface area is 176 Å². The van der Waals surface area contributed by atoms with Gasteiger partial charge in [-0.2, -0.15) is 0 Å². The topological polar surface area (TPSA) is 62.7 Å². The molecular formula is C20H19N5S3. The van der Waals surface area contributed by atoms with Crippen LogP contribution in [0.4, 0.5) is 16.0 Å². The molecule has 0 aliphatic rings. The zero-order chi connectivity index (χ0) is 19.2. The van der Waals surface area contributed by atoms with E-state index in [9.17, 15) is 0 Å². The number of anilines is 3. The molecule has 0 radical (unpaired) electrons. The number of rotatable bonds is 8. The van der Waals surface area contributed by atoms with Crippen LogP contribution in [0.2, 0.25) is 0 Å². The summed E-state index contributed by atoms with van der Waals surface area (Å²) in [7, 11) is 0. The number of thiazole rings is 1. The summed E-state index contributed by atoms with van der Waals surface area (Å²) >= 11 is 4.84. The minimum Gasteiger partial charge on any atom is -0.356 e. The number of hydrogen-bond donors (Lipinski definition) is 2. The third-order valence-electron chi connectivity index (χ3n) is 3.89. The Hall–Kier alpha value is -2.42. The molecule has 2 aromatic heterocycles. The van der Waals surface area contributed by atoms with Crippen LogP contribution in [0.15, 0.2) is 64.3 Å². The lowest BCUT2D eigenvalue weighted by Crippen LogP contribution is -1.98. The summed E-state index contributed by atoms with van der Waals surface area (Å²) in [5.41, 5.74) is 4.57. The summed E-state index contributed by atoms with van der Waals surface area (Å²) in [6.45, 7) is 2.83. The van der Waals surface area contributed by atoms with Crippen LogP contribution in [-0.2, 0) is 12.3 Å². The minimum atomic E-state index is 0.750. The van der Waals surface area contributed by atoms with Crippen molar-refractivity contribution in [1.29, 1.82) is 0 Å². The van der Waals surface area contributed by atoms with Crippen molar-refractivity contribution in [3.05, 3.63) is 76.8 Å². The van der Waals surface area contributed by atoms with Gasteiger partial charge in [0.05, 0.1) is 5.69 Å². The highest BCUT2D eigenvalue weighted by atomic mass is 32.2. The van der Waals surface area contributed by atoms with Gasteiger partial charge >= 0.3 is 0 Å². The number of aryl methyl sites for hydroxylation is 1. The van der Waals surface area contributed by atoms with Crippen molar-refractivity contribution < 1.29 is 0 Å². The van der Waals surface area contributed by atoms with Gasteiger partial charge in [0, 0.05) is 23.4 Å². The Kier molecular flexibility index (Phi) is 6.20. The van der Waals surface area contributed by atoms with E-state index in [4.69, 9.17) is 0 Å². The second kappa shape index (κ2) is 9.18. The Balaban J connectivity index is 1.27. The first-order chi connectivity index (χ1) is 13.7. The molecule has 2 heterocycles. The van der Waals surface area contributed by atoms with E-state index in [0.29, 0.717) is 0 Å². The smallest absolute Gasteiger partial charge is 0.206 e. The average molecular weight is 426 g/mol. The van der Waals surface area contributed by atoms with Crippen LogP contribution in [0.25, 0.3) is 0 Å². The summed E-state index contributed by atoms with van der Waals surface area (Å²) in [4.78, 5) is 4.65. The molecule has 0 fully saturated rings. The normalized spacial score (nSPS) is 10.8. The first-order valence-corrected chi connectivity index (χ1v) is 11.4. The fourth-order valence-electron chi connectivity index (χ4n) is 2.44. The highest BCUT2D eigenvalue weighted by molar-refractivity contribution is 8.00. The summed E-state index contributed by atoms with van der Waals surface area (Å²) in [6.07, 6.45) is 0. The monoisotopic (exact) mass is 425 g/mol. The number of hydrogen-bond acceptors (Lipinski definition) is 8. The van der Waals surface area contributed by atoms with E-state index in [1.54, 1.807) is 34.4 Å². The summed E-state index contributed by atoms with van der Waals surface area (Å²) in [6, 6.07) is 18.6. The highest BCUT2D eigenvalue weighted by Crippen LogP contribution is 2.30. The molecule has 0 aliphatic heterocycles. The predicted molar refractivity (Wildman–Crippen MR) is 120 cm³/mol. The summed E-state index contributed by atoms with van der Waals surface area (Å²) in [5.74, 6) is 0.777. The minimum absolute atomic E-state index is 0.750.